The Morgan fingerprint density at radius 2 is 1.72 bits per heavy atom. The Hall–Kier alpha value is -1.55. The lowest BCUT2D eigenvalue weighted by atomic mass is 10.1. The van der Waals surface area contributed by atoms with Crippen molar-refractivity contribution in [3.05, 3.63) is 35.4 Å². The number of carbonyl (C=O) groups excluding carboxylic acids is 2. The van der Waals surface area contributed by atoms with Crippen LogP contribution in [0.1, 0.15) is 36.7 Å². The third-order valence-corrected chi connectivity index (χ3v) is 2.05. The third kappa shape index (κ3) is 5.19. The minimum absolute atomic E-state index is 0.0803. The molecule has 0 radical (unpaired) electrons. The summed E-state index contributed by atoms with van der Waals surface area (Å²) in [6.45, 7) is 5.49. The van der Waals surface area contributed by atoms with Gasteiger partial charge in [0, 0.05) is 11.6 Å². The molecular weight excluding hydrogens is 256 g/mol. The van der Waals surface area contributed by atoms with Crippen LogP contribution in [0.3, 0.4) is 0 Å². The first kappa shape index (κ1) is 14.5. The summed E-state index contributed by atoms with van der Waals surface area (Å²) in [5, 5.41) is 0. The van der Waals surface area contributed by atoms with Crippen molar-refractivity contribution >= 4 is 23.0 Å². The van der Waals surface area contributed by atoms with E-state index in [4.69, 9.17) is 16.3 Å². The average molecular weight is 271 g/mol. The molecule has 4 nitrogen and oxygen atoms in total. The quantitative estimate of drug-likeness (QED) is 0.623. The van der Waals surface area contributed by atoms with Crippen molar-refractivity contribution in [1.29, 1.82) is 0 Å². The number of ether oxygens (including phenoxy) is 2. The lowest BCUT2D eigenvalue weighted by Gasteiger charge is -2.19. The van der Waals surface area contributed by atoms with Gasteiger partial charge in [0.1, 0.15) is 12.2 Å². The Morgan fingerprint density at radius 1 is 1.17 bits per heavy atom. The molecule has 0 amide bonds. The van der Waals surface area contributed by atoms with E-state index >= 15 is 0 Å². The zero-order valence-corrected chi connectivity index (χ0v) is 11.3. The second kappa shape index (κ2) is 5.87. The van der Waals surface area contributed by atoms with E-state index < -0.39 is 11.0 Å². The predicted molar refractivity (Wildman–Crippen MR) is 67.6 cm³/mol. The molecule has 0 unspecified atom stereocenters. The van der Waals surface area contributed by atoms with Gasteiger partial charge >= 0.3 is 11.4 Å². The van der Waals surface area contributed by atoms with Crippen molar-refractivity contribution in [1.82, 2.24) is 0 Å². The summed E-state index contributed by atoms with van der Waals surface area (Å²) in [5.41, 5.74) is -0.183. The second-order valence-electron chi connectivity index (χ2n) is 4.73. The largest absolute Gasteiger partial charge is 0.456 e. The molecule has 1 aromatic carbocycles. The lowest BCUT2D eigenvalue weighted by molar-refractivity contribution is 0.00694. The first-order valence-electron chi connectivity index (χ1n) is 5.42. The fourth-order valence-electron chi connectivity index (χ4n) is 1.21. The Kier molecular flexibility index (Phi) is 4.73. The molecule has 0 heterocycles. The molecule has 0 saturated carbocycles. The van der Waals surface area contributed by atoms with Crippen molar-refractivity contribution in [3.8, 4) is 0 Å². The summed E-state index contributed by atoms with van der Waals surface area (Å²) in [6.07, 6.45) is 0. The number of esters is 1. The van der Waals surface area contributed by atoms with Crippen LogP contribution < -0.4 is 0 Å². The zero-order valence-electron chi connectivity index (χ0n) is 10.5. The summed E-state index contributed by atoms with van der Waals surface area (Å²) in [7, 11) is 0. The van der Waals surface area contributed by atoms with E-state index in [1.54, 1.807) is 45.0 Å². The number of hydrogen-bond acceptors (Lipinski definition) is 4. The molecular formula is C13H15ClO4. The van der Waals surface area contributed by atoms with Crippen molar-refractivity contribution < 1.29 is 19.1 Å². The monoisotopic (exact) mass is 270 g/mol. The molecule has 1 aromatic rings. The molecule has 5 heteroatoms. The van der Waals surface area contributed by atoms with Crippen molar-refractivity contribution in [2.75, 3.05) is 0 Å². The molecule has 0 aliphatic carbocycles. The molecule has 0 bridgehead atoms. The van der Waals surface area contributed by atoms with Crippen LogP contribution in [-0.2, 0) is 16.1 Å². The Morgan fingerprint density at radius 3 is 2.17 bits per heavy atom. The fourth-order valence-corrected chi connectivity index (χ4v) is 1.27. The molecule has 0 aliphatic heterocycles. The number of benzene rings is 1. The van der Waals surface area contributed by atoms with Gasteiger partial charge in [-0.15, -0.1) is 0 Å². The highest BCUT2D eigenvalue weighted by Crippen LogP contribution is 2.13. The highest BCUT2D eigenvalue weighted by atomic mass is 35.5. The van der Waals surface area contributed by atoms with Crippen LogP contribution in [0.15, 0.2) is 24.3 Å². The molecule has 0 aromatic heterocycles. The van der Waals surface area contributed by atoms with Gasteiger partial charge in [-0.05, 0) is 38.5 Å². The maximum atomic E-state index is 11.7. The molecule has 0 atom stereocenters. The van der Waals surface area contributed by atoms with Gasteiger partial charge in [-0.1, -0.05) is 12.1 Å². The molecule has 0 spiro atoms. The van der Waals surface area contributed by atoms with Crippen molar-refractivity contribution in [3.63, 3.8) is 0 Å². The van der Waals surface area contributed by atoms with Crippen molar-refractivity contribution in [2.45, 2.75) is 33.0 Å². The number of halogens is 1. The summed E-state index contributed by atoms with van der Waals surface area (Å²) in [6, 6.07) is 6.59. The molecule has 1 rings (SSSR count). The molecule has 0 fully saturated rings. The normalized spacial score (nSPS) is 10.9. The molecule has 0 aliphatic rings. The van der Waals surface area contributed by atoms with Gasteiger partial charge in [0.2, 0.25) is 0 Å². The standard InChI is InChI=1S/C13H15ClO4/c1-13(2,3)18-11(15)10-6-4-9(5-7-10)8-17-12(14)16/h4-7H,8H2,1-3H3. The van der Waals surface area contributed by atoms with Gasteiger partial charge in [-0.2, -0.15) is 0 Å². The average Bonchev–Trinajstić information content (AvgIpc) is 2.24. The Bertz CT molecular complexity index is 431. The number of carbonyl (C=O) groups is 2. The first-order chi connectivity index (χ1) is 8.28. The van der Waals surface area contributed by atoms with E-state index in [0.717, 1.165) is 5.56 Å². The van der Waals surface area contributed by atoms with E-state index in [-0.39, 0.29) is 12.6 Å². The Balaban J connectivity index is 2.65. The fraction of sp³-hybridized carbons (Fsp3) is 0.385. The van der Waals surface area contributed by atoms with Gasteiger partial charge < -0.3 is 9.47 Å². The summed E-state index contributed by atoms with van der Waals surface area (Å²) < 4.78 is 9.84. The van der Waals surface area contributed by atoms with Crippen LogP contribution >= 0.6 is 11.6 Å². The van der Waals surface area contributed by atoms with Crippen LogP contribution in [0.5, 0.6) is 0 Å². The number of rotatable bonds is 3. The van der Waals surface area contributed by atoms with Crippen LogP contribution in [0.2, 0.25) is 0 Å². The van der Waals surface area contributed by atoms with E-state index in [9.17, 15) is 9.59 Å². The van der Waals surface area contributed by atoms with Crippen LogP contribution in [0.4, 0.5) is 4.79 Å². The van der Waals surface area contributed by atoms with Crippen molar-refractivity contribution in [2.24, 2.45) is 0 Å². The lowest BCUT2D eigenvalue weighted by Crippen LogP contribution is -2.23. The van der Waals surface area contributed by atoms with E-state index in [2.05, 4.69) is 4.74 Å². The van der Waals surface area contributed by atoms with E-state index in [1.807, 2.05) is 0 Å². The van der Waals surface area contributed by atoms with Gasteiger partial charge in [0.05, 0.1) is 5.56 Å². The molecule has 18 heavy (non-hydrogen) atoms. The third-order valence-electron chi connectivity index (χ3n) is 1.94. The van der Waals surface area contributed by atoms with Gasteiger partial charge in [0.15, 0.2) is 0 Å². The Labute approximate surface area is 111 Å². The molecule has 0 N–H and O–H groups in total. The van der Waals surface area contributed by atoms with E-state index in [0.29, 0.717) is 5.56 Å². The predicted octanol–water partition coefficient (Wildman–Crippen LogP) is 3.52. The zero-order chi connectivity index (χ0) is 13.8. The van der Waals surface area contributed by atoms with Crippen LogP contribution in [0, 0.1) is 0 Å². The SMILES string of the molecule is CC(C)(C)OC(=O)c1ccc(COC(=O)Cl)cc1. The van der Waals surface area contributed by atoms with Crippen LogP contribution in [0.25, 0.3) is 0 Å². The highest BCUT2D eigenvalue weighted by molar-refractivity contribution is 6.61. The summed E-state index contributed by atoms with van der Waals surface area (Å²) in [4.78, 5) is 22.1. The minimum atomic E-state index is -0.855. The van der Waals surface area contributed by atoms with Crippen LogP contribution in [-0.4, -0.2) is 17.0 Å². The smallest absolute Gasteiger partial charge is 0.404 e. The van der Waals surface area contributed by atoms with Gasteiger partial charge in [-0.25, -0.2) is 9.59 Å². The summed E-state index contributed by atoms with van der Waals surface area (Å²) in [5.74, 6) is -0.386. The minimum Gasteiger partial charge on any atom is -0.456 e. The molecule has 0 saturated heterocycles. The number of hydrogen-bond donors (Lipinski definition) is 0. The van der Waals surface area contributed by atoms with Gasteiger partial charge in [0.25, 0.3) is 0 Å². The first-order valence-corrected chi connectivity index (χ1v) is 5.80. The second-order valence-corrected chi connectivity index (χ2v) is 5.03. The highest BCUT2D eigenvalue weighted by Gasteiger charge is 2.17. The maximum Gasteiger partial charge on any atom is 0.404 e. The van der Waals surface area contributed by atoms with E-state index in [1.165, 1.54) is 0 Å². The molecule has 98 valence electrons. The topological polar surface area (TPSA) is 52.6 Å². The summed E-state index contributed by atoms with van der Waals surface area (Å²) >= 11 is 5.05. The maximum absolute atomic E-state index is 11.7. The van der Waals surface area contributed by atoms with Gasteiger partial charge in [-0.3, -0.25) is 0 Å².